The minimum Gasteiger partial charge on any atom is -0.489 e. The summed E-state index contributed by atoms with van der Waals surface area (Å²) >= 11 is 0. The highest BCUT2D eigenvalue weighted by Gasteiger charge is 2.01. The number of aryl methyl sites for hydroxylation is 1. The molecule has 0 atom stereocenters. The van der Waals surface area contributed by atoms with Crippen LogP contribution in [0.2, 0.25) is 0 Å². The Kier molecular flexibility index (Phi) is 3.41. The second kappa shape index (κ2) is 5.52. The van der Waals surface area contributed by atoms with Crippen LogP contribution >= 0.6 is 0 Å². The molecule has 2 aromatic carbocycles. The molecular formula is C15H14N4O. The van der Waals surface area contributed by atoms with Gasteiger partial charge in [-0.2, -0.15) is 0 Å². The van der Waals surface area contributed by atoms with Gasteiger partial charge in [0.1, 0.15) is 18.7 Å². The Hall–Kier alpha value is -2.69. The lowest BCUT2D eigenvalue weighted by Gasteiger charge is -2.09. The van der Waals surface area contributed by atoms with Crippen LogP contribution in [0.5, 0.6) is 5.75 Å². The SMILES string of the molecule is Cc1ccccc1COc1ccc(-n2cnnn2)cc1. The highest BCUT2D eigenvalue weighted by atomic mass is 16.5. The van der Waals surface area contributed by atoms with Crippen molar-refractivity contribution in [3.05, 3.63) is 66.0 Å². The van der Waals surface area contributed by atoms with E-state index in [-0.39, 0.29) is 0 Å². The van der Waals surface area contributed by atoms with E-state index in [9.17, 15) is 0 Å². The van der Waals surface area contributed by atoms with Crippen LogP contribution in [-0.4, -0.2) is 20.2 Å². The summed E-state index contributed by atoms with van der Waals surface area (Å²) in [6.45, 7) is 2.65. The average Bonchev–Trinajstić information content (AvgIpc) is 3.01. The molecule has 0 aliphatic rings. The number of nitrogens with zero attached hydrogens (tertiary/aromatic N) is 4. The molecular weight excluding hydrogens is 252 g/mol. The van der Waals surface area contributed by atoms with Gasteiger partial charge in [-0.05, 0) is 52.7 Å². The van der Waals surface area contributed by atoms with Gasteiger partial charge in [0.05, 0.1) is 5.69 Å². The molecule has 3 aromatic rings. The van der Waals surface area contributed by atoms with E-state index >= 15 is 0 Å². The molecule has 5 heteroatoms. The molecule has 0 spiro atoms. The van der Waals surface area contributed by atoms with Gasteiger partial charge in [0, 0.05) is 0 Å². The van der Waals surface area contributed by atoms with E-state index < -0.39 is 0 Å². The van der Waals surface area contributed by atoms with Crippen molar-refractivity contribution in [2.24, 2.45) is 0 Å². The molecule has 5 nitrogen and oxygen atoms in total. The number of hydrogen-bond acceptors (Lipinski definition) is 4. The summed E-state index contributed by atoms with van der Waals surface area (Å²) < 4.78 is 7.39. The Morgan fingerprint density at radius 2 is 1.85 bits per heavy atom. The summed E-state index contributed by atoms with van der Waals surface area (Å²) in [7, 11) is 0. The van der Waals surface area contributed by atoms with Crippen molar-refractivity contribution in [2.75, 3.05) is 0 Å². The van der Waals surface area contributed by atoms with E-state index in [4.69, 9.17) is 4.74 Å². The second-order valence-electron chi connectivity index (χ2n) is 4.46. The summed E-state index contributed by atoms with van der Waals surface area (Å²) in [4.78, 5) is 0. The Labute approximate surface area is 116 Å². The fourth-order valence-electron chi connectivity index (χ4n) is 1.91. The topological polar surface area (TPSA) is 52.8 Å². The molecule has 3 rings (SSSR count). The maximum absolute atomic E-state index is 5.78. The van der Waals surface area contributed by atoms with Gasteiger partial charge in [-0.25, -0.2) is 4.68 Å². The van der Waals surface area contributed by atoms with Gasteiger partial charge in [0.2, 0.25) is 0 Å². The molecule has 20 heavy (non-hydrogen) atoms. The highest BCUT2D eigenvalue weighted by molar-refractivity contribution is 5.36. The van der Waals surface area contributed by atoms with E-state index in [1.165, 1.54) is 11.1 Å². The van der Waals surface area contributed by atoms with Gasteiger partial charge < -0.3 is 4.74 Å². The van der Waals surface area contributed by atoms with Gasteiger partial charge in [0.15, 0.2) is 0 Å². The Morgan fingerprint density at radius 3 is 2.55 bits per heavy atom. The third-order valence-corrected chi connectivity index (χ3v) is 3.11. The first kappa shape index (κ1) is 12.3. The first-order valence-corrected chi connectivity index (χ1v) is 6.34. The lowest BCUT2D eigenvalue weighted by atomic mass is 10.1. The van der Waals surface area contributed by atoms with Crippen LogP contribution in [0.4, 0.5) is 0 Å². The lowest BCUT2D eigenvalue weighted by Crippen LogP contribution is -1.98. The first-order chi connectivity index (χ1) is 9.83. The van der Waals surface area contributed by atoms with Gasteiger partial charge in [-0.3, -0.25) is 0 Å². The molecule has 0 saturated carbocycles. The van der Waals surface area contributed by atoms with Crippen LogP contribution in [0.25, 0.3) is 5.69 Å². The fourth-order valence-corrected chi connectivity index (χ4v) is 1.91. The zero-order chi connectivity index (χ0) is 13.8. The predicted molar refractivity (Wildman–Crippen MR) is 74.7 cm³/mol. The van der Waals surface area contributed by atoms with Crippen LogP contribution in [0.1, 0.15) is 11.1 Å². The summed E-state index contributed by atoms with van der Waals surface area (Å²) in [5, 5.41) is 11.1. The summed E-state index contributed by atoms with van der Waals surface area (Å²) in [5.41, 5.74) is 3.33. The number of hydrogen-bond donors (Lipinski definition) is 0. The Balaban J connectivity index is 1.68. The van der Waals surface area contributed by atoms with Crippen molar-refractivity contribution in [2.45, 2.75) is 13.5 Å². The van der Waals surface area contributed by atoms with Crippen LogP contribution in [0, 0.1) is 6.92 Å². The molecule has 0 unspecified atom stereocenters. The van der Waals surface area contributed by atoms with Gasteiger partial charge >= 0.3 is 0 Å². The van der Waals surface area contributed by atoms with Gasteiger partial charge in [-0.1, -0.05) is 24.3 Å². The van der Waals surface area contributed by atoms with E-state index in [1.807, 2.05) is 36.4 Å². The van der Waals surface area contributed by atoms with E-state index in [0.717, 1.165) is 11.4 Å². The van der Waals surface area contributed by atoms with E-state index in [2.05, 4.69) is 34.6 Å². The normalized spacial score (nSPS) is 10.4. The van der Waals surface area contributed by atoms with Gasteiger partial charge in [0.25, 0.3) is 0 Å². The van der Waals surface area contributed by atoms with Crippen LogP contribution in [-0.2, 0) is 6.61 Å². The molecule has 0 N–H and O–H groups in total. The third-order valence-electron chi connectivity index (χ3n) is 3.11. The fraction of sp³-hybridized carbons (Fsp3) is 0.133. The van der Waals surface area contributed by atoms with Crippen molar-refractivity contribution in [3.63, 3.8) is 0 Å². The molecule has 0 amide bonds. The van der Waals surface area contributed by atoms with E-state index in [1.54, 1.807) is 11.0 Å². The quantitative estimate of drug-likeness (QED) is 0.728. The minimum atomic E-state index is 0.566. The van der Waals surface area contributed by atoms with Crippen molar-refractivity contribution < 1.29 is 4.74 Å². The monoisotopic (exact) mass is 266 g/mol. The summed E-state index contributed by atoms with van der Waals surface area (Å²) in [6.07, 6.45) is 1.56. The molecule has 1 heterocycles. The molecule has 0 fully saturated rings. The zero-order valence-corrected chi connectivity index (χ0v) is 11.1. The molecule has 0 radical (unpaired) electrons. The Morgan fingerprint density at radius 1 is 1.05 bits per heavy atom. The van der Waals surface area contributed by atoms with Crippen molar-refractivity contribution in [1.29, 1.82) is 0 Å². The number of benzene rings is 2. The van der Waals surface area contributed by atoms with E-state index in [0.29, 0.717) is 6.61 Å². The second-order valence-corrected chi connectivity index (χ2v) is 4.46. The third kappa shape index (κ3) is 2.66. The lowest BCUT2D eigenvalue weighted by molar-refractivity contribution is 0.305. The summed E-state index contributed by atoms with van der Waals surface area (Å²) in [5.74, 6) is 0.824. The minimum absolute atomic E-state index is 0.566. The molecule has 0 aliphatic carbocycles. The van der Waals surface area contributed by atoms with Crippen molar-refractivity contribution >= 4 is 0 Å². The van der Waals surface area contributed by atoms with Gasteiger partial charge in [-0.15, -0.1) is 5.10 Å². The maximum atomic E-state index is 5.78. The number of aromatic nitrogens is 4. The number of rotatable bonds is 4. The number of ether oxygens (including phenoxy) is 1. The molecule has 100 valence electrons. The molecule has 1 aromatic heterocycles. The molecule has 0 aliphatic heterocycles. The van der Waals surface area contributed by atoms with Crippen LogP contribution < -0.4 is 4.74 Å². The van der Waals surface area contributed by atoms with Crippen LogP contribution in [0.15, 0.2) is 54.9 Å². The maximum Gasteiger partial charge on any atom is 0.143 e. The number of tetrazole rings is 1. The molecule has 0 bridgehead atoms. The van der Waals surface area contributed by atoms with Crippen LogP contribution in [0.3, 0.4) is 0 Å². The average molecular weight is 266 g/mol. The standard InChI is InChI=1S/C15H14N4O/c1-12-4-2-3-5-13(12)10-20-15-8-6-14(7-9-15)19-11-16-17-18-19/h2-9,11H,10H2,1H3. The van der Waals surface area contributed by atoms with Crippen molar-refractivity contribution in [1.82, 2.24) is 20.2 Å². The molecule has 0 saturated heterocycles. The Bertz CT molecular complexity index is 677. The first-order valence-electron chi connectivity index (χ1n) is 6.34. The highest BCUT2D eigenvalue weighted by Crippen LogP contribution is 2.17. The summed E-state index contributed by atoms with van der Waals surface area (Å²) in [6, 6.07) is 15.9. The smallest absolute Gasteiger partial charge is 0.143 e. The zero-order valence-electron chi connectivity index (χ0n) is 11.1. The largest absolute Gasteiger partial charge is 0.489 e. The van der Waals surface area contributed by atoms with Crippen molar-refractivity contribution in [3.8, 4) is 11.4 Å². The predicted octanol–water partition coefficient (Wildman–Crippen LogP) is 2.55.